The predicted molar refractivity (Wildman–Crippen MR) is 122 cm³/mol. The number of carbonyl (C=O) groups excluding carboxylic acids is 1. The lowest BCUT2D eigenvalue weighted by molar-refractivity contribution is -0.138. The molecule has 2 aromatic carbocycles. The van der Waals surface area contributed by atoms with Gasteiger partial charge in [0.1, 0.15) is 6.04 Å². The molecule has 0 saturated carbocycles. The maximum absolute atomic E-state index is 13.3. The lowest BCUT2D eigenvalue weighted by Gasteiger charge is -2.25. The van der Waals surface area contributed by atoms with E-state index in [1.165, 1.54) is 10.9 Å². The lowest BCUT2D eigenvalue weighted by Crippen LogP contribution is -2.40. The number of para-hydroxylation sites is 1. The van der Waals surface area contributed by atoms with Gasteiger partial charge in [-0.15, -0.1) is 0 Å². The Bertz CT molecular complexity index is 1160. The van der Waals surface area contributed by atoms with Gasteiger partial charge in [0, 0.05) is 4.47 Å². The lowest BCUT2D eigenvalue weighted by atomic mass is 10.00. The van der Waals surface area contributed by atoms with E-state index in [0.717, 1.165) is 4.47 Å². The van der Waals surface area contributed by atoms with Crippen molar-refractivity contribution in [2.24, 2.45) is 5.92 Å². The standard InChI is InChI=1S/C23H24BrN3O4/c1-14(2)10-20(27-13-25-18-9-4-3-8-17(18)23(27)31)22(30)26-19(12-21(28)29)15-6-5-7-16(24)11-15/h3-9,11,13-14,19-20H,10,12H2,1-2H3,(H,26,30)(H,28,29)/t19-,20-/m0/s1. The maximum atomic E-state index is 13.3. The molecule has 1 aromatic heterocycles. The Morgan fingerprint density at radius 2 is 1.90 bits per heavy atom. The zero-order valence-corrected chi connectivity index (χ0v) is 18.9. The van der Waals surface area contributed by atoms with Crippen LogP contribution in [-0.2, 0) is 9.59 Å². The van der Waals surface area contributed by atoms with Crippen LogP contribution < -0.4 is 10.9 Å². The maximum Gasteiger partial charge on any atom is 0.305 e. The molecule has 0 spiro atoms. The van der Waals surface area contributed by atoms with Gasteiger partial charge in [0.15, 0.2) is 0 Å². The number of carboxylic acids is 1. The fraction of sp³-hybridized carbons (Fsp3) is 0.304. The van der Waals surface area contributed by atoms with E-state index < -0.39 is 24.0 Å². The summed E-state index contributed by atoms with van der Waals surface area (Å²) in [5.74, 6) is -1.33. The third-order valence-electron chi connectivity index (χ3n) is 4.97. The zero-order chi connectivity index (χ0) is 22.5. The van der Waals surface area contributed by atoms with E-state index in [4.69, 9.17) is 0 Å². The summed E-state index contributed by atoms with van der Waals surface area (Å²) in [6, 6.07) is 12.6. The number of hydrogen-bond acceptors (Lipinski definition) is 4. The van der Waals surface area contributed by atoms with E-state index in [1.807, 2.05) is 19.9 Å². The molecular formula is C23H24BrN3O4. The first-order chi connectivity index (χ1) is 14.8. The molecule has 7 nitrogen and oxygen atoms in total. The number of carboxylic acid groups (broad SMARTS) is 1. The monoisotopic (exact) mass is 485 g/mol. The second kappa shape index (κ2) is 9.87. The summed E-state index contributed by atoms with van der Waals surface area (Å²) < 4.78 is 2.12. The molecule has 0 aliphatic rings. The molecule has 1 amide bonds. The van der Waals surface area contributed by atoms with Crippen molar-refractivity contribution in [2.75, 3.05) is 0 Å². The largest absolute Gasteiger partial charge is 0.481 e. The quantitative estimate of drug-likeness (QED) is 0.500. The van der Waals surface area contributed by atoms with Crippen molar-refractivity contribution in [3.8, 4) is 0 Å². The van der Waals surface area contributed by atoms with Gasteiger partial charge in [-0.1, -0.05) is 54.0 Å². The van der Waals surface area contributed by atoms with Crippen molar-refractivity contribution in [1.82, 2.24) is 14.9 Å². The smallest absolute Gasteiger partial charge is 0.305 e. The van der Waals surface area contributed by atoms with Crippen LogP contribution in [0, 0.1) is 5.92 Å². The Labute approximate surface area is 188 Å². The van der Waals surface area contributed by atoms with E-state index >= 15 is 0 Å². The van der Waals surface area contributed by atoms with Gasteiger partial charge in [-0.3, -0.25) is 19.0 Å². The minimum Gasteiger partial charge on any atom is -0.481 e. The normalized spacial score (nSPS) is 13.2. The summed E-state index contributed by atoms with van der Waals surface area (Å²) in [7, 11) is 0. The predicted octanol–water partition coefficient (Wildman–Crippen LogP) is 4.08. The highest BCUT2D eigenvalue weighted by Crippen LogP contribution is 2.24. The van der Waals surface area contributed by atoms with Gasteiger partial charge in [0.05, 0.1) is 29.7 Å². The van der Waals surface area contributed by atoms with Crippen LogP contribution in [0.15, 0.2) is 64.1 Å². The van der Waals surface area contributed by atoms with Gasteiger partial charge in [-0.2, -0.15) is 0 Å². The third-order valence-corrected chi connectivity index (χ3v) is 5.46. The van der Waals surface area contributed by atoms with Crippen LogP contribution >= 0.6 is 15.9 Å². The van der Waals surface area contributed by atoms with Gasteiger partial charge >= 0.3 is 5.97 Å². The number of carbonyl (C=O) groups is 2. The zero-order valence-electron chi connectivity index (χ0n) is 17.3. The Morgan fingerprint density at radius 3 is 2.58 bits per heavy atom. The van der Waals surface area contributed by atoms with E-state index in [1.54, 1.807) is 42.5 Å². The van der Waals surface area contributed by atoms with Crippen LogP contribution in [0.2, 0.25) is 0 Å². The highest BCUT2D eigenvalue weighted by atomic mass is 79.9. The molecule has 0 aliphatic carbocycles. The minimum absolute atomic E-state index is 0.123. The van der Waals surface area contributed by atoms with Gasteiger partial charge in [-0.05, 0) is 42.2 Å². The number of nitrogens with zero attached hydrogens (tertiary/aromatic N) is 2. The van der Waals surface area contributed by atoms with Gasteiger partial charge in [0.25, 0.3) is 5.56 Å². The molecule has 0 bridgehead atoms. The van der Waals surface area contributed by atoms with Crippen molar-refractivity contribution < 1.29 is 14.7 Å². The van der Waals surface area contributed by atoms with Crippen molar-refractivity contribution in [1.29, 1.82) is 0 Å². The Hall–Kier alpha value is -3.00. The summed E-state index contributed by atoms with van der Waals surface area (Å²) >= 11 is 3.38. The highest BCUT2D eigenvalue weighted by Gasteiger charge is 2.27. The second-order valence-corrected chi connectivity index (χ2v) is 8.75. The molecule has 0 fully saturated rings. The molecule has 0 radical (unpaired) electrons. The number of fused-ring (bicyclic) bond motifs is 1. The van der Waals surface area contributed by atoms with E-state index in [0.29, 0.717) is 22.9 Å². The third kappa shape index (κ3) is 5.58. The van der Waals surface area contributed by atoms with Gasteiger partial charge in [-0.25, -0.2) is 4.98 Å². The Kier molecular flexibility index (Phi) is 7.22. The van der Waals surface area contributed by atoms with Crippen molar-refractivity contribution >= 4 is 38.7 Å². The summed E-state index contributed by atoms with van der Waals surface area (Å²) in [5, 5.41) is 12.6. The van der Waals surface area contributed by atoms with Crippen LogP contribution in [0.25, 0.3) is 10.9 Å². The Balaban J connectivity index is 1.98. The van der Waals surface area contributed by atoms with Gasteiger partial charge in [0.2, 0.25) is 5.91 Å². The van der Waals surface area contributed by atoms with Crippen LogP contribution in [-0.4, -0.2) is 26.5 Å². The van der Waals surface area contributed by atoms with E-state index in [9.17, 15) is 19.5 Å². The number of halogens is 1. The number of amides is 1. The van der Waals surface area contributed by atoms with Crippen LogP contribution in [0.4, 0.5) is 0 Å². The van der Waals surface area contributed by atoms with E-state index in [-0.39, 0.29) is 17.9 Å². The first kappa shape index (κ1) is 22.7. The average Bonchev–Trinajstić information content (AvgIpc) is 2.72. The molecule has 3 rings (SSSR count). The van der Waals surface area contributed by atoms with Crippen molar-refractivity contribution in [3.63, 3.8) is 0 Å². The molecule has 8 heteroatoms. The molecule has 0 saturated heterocycles. The van der Waals surface area contributed by atoms with Crippen molar-refractivity contribution in [2.45, 2.75) is 38.8 Å². The number of hydrogen-bond donors (Lipinski definition) is 2. The molecule has 31 heavy (non-hydrogen) atoms. The van der Waals surface area contributed by atoms with Gasteiger partial charge < -0.3 is 10.4 Å². The summed E-state index contributed by atoms with van der Waals surface area (Å²) in [5.41, 5.74) is 0.923. The number of rotatable bonds is 8. The van der Waals surface area contributed by atoms with Crippen LogP contribution in [0.5, 0.6) is 0 Å². The topological polar surface area (TPSA) is 101 Å². The molecule has 3 aromatic rings. The van der Waals surface area contributed by atoms with E-state index in [2.05, 4.69) is 26.2 Å². The number of aromatic nitrogens is 2. The minimum atomic E-state index is -1.03. The van der Waals surface area contributed by atoms with Crippen LogP contribution in [0.1, 0.15) is 44.3 Å². The first-order valence-electron chi connectivity index (χ1n) is 9.99. The Morgan fingerprint density at radius 1 is 1.16 bits per heavy atom. The number of nitrogens with one attached hydrogen (secondary N) is 1. The molecule has 1 heterocycles. The van der Waals surface area contributed by atoms with Crippen molar-refractivity contribution in [3.05, 3.63) is 75.2 Å². The highest BCUT2D eigenvalue weighted by molar-refractivity contribution is 9.10. The first-order valence-corrected chi connectivity index (χ1v) is 10.8. The summed E-state index contributed by atoms with van der Waals surface area (Å²) in [6.45, 7) is 3.92. The molecule has 0 unspecified atom stereocenters. The molecular weight excluding hydrogens is 462 g/mol. The summed E-state index contributed by atoms with van der Waals surface area (Å²) in [6.07, 6.45) is 1.52. The summed E-state index contributed by atoms with van der Waals surface area (Å²) in [4.78, 5) is 42.2. The average molecular weight is 486 g/mol. The fourth-order valence-corrected chi connectivity index (χ4v) is 3.93. The fourth-order valence-electron chi connectivity index (χ4n) is 3.52. The molecule has 162 valence electrons. The second-order valence-electron chi connectivity index (χ2n) is 7.83. The van der Waals surface area contributed by atoms with Crippen LogP contribution in [0.3, 0.4) is 0 Å². The molecule has 0 aliphatic heterocycles. The molecule has 2 N–H and O–H groups in total. The number of aliphatic carboxylic acids is 1. The molecule has 2 atom stereocenters. The number of benzene rings is 2. The SMILES string of the molecule is CC(C)C[C@@H](C(=O)N[C@@H](CC(=O)O)c1cccc(Br)c1)n1cnc2ccccc2c1=O.